The van der Waals surface area contributed by atoms with Crippen LogP contribution in [0.5, 0.6) is 5.75 Å². The van der Waals surface area contributed by atoms with Crippen molar-refractivity contribution in [3.05, 3.63) is 65.2 Å². The minimum Gasteiger partial charge on any atom is -0.494 e. The van der Waals surface area contributed by atoms with E-state index in [1.54, 1.807) is 0 Å². The van der Waals surface area contributed by atoms with Gasteiger partial charge in [-0.05, 0) is 74.4 Å². The third-order valence-corrected chi connectivity index (χ3v) is 5.65. The molecule has 0 aliphatic heterocycles. The molecule has 2 amide bonds. The van der Waals surface area contributed by atoms with Crippen molar-refractivity contribution in [3.63, 3.8) is 0 Å². The SMILES string of the molecule is CCOc1cccc([C@@H](C)N[C@H]2CCC(c3ccc(C(=O)NCC(N)=O)cc3)C2)c1. The van der Waals surface area contributed by atoms with Crippen LogP contribution in [-0.2, 0) is 4.79 Å². The zero-order chi connectivity index (χ0) is 21.5. The van der Waals surface area contributed by atoms with Crippen LogP contribution in [0.3, 0.4) is 0 Å². The first-order valence-corrected chi connectivity index (χ1v) is 10.6. The first-order valence-electron chi connectivity index (χ1n) is 10.6. The molecule has 3 atom stereocenters. The lowest BCUT2D eigenvalue weighted by Crippen LogP contribution is -2.33. The predicted molar refractivity (Wildman–Crippen MR) is 118 cm³/mol. The number of benzene rings is 2. The van der Waals surface area contributed by atoms with Gasteiger partial charge >= 0.3 is 0 Å². The van der Waals surface area contributed by atoms with E-state index in [9.17, 15) is 9.59 Å². The summed E-state index contributed by atoms with van der Waals surface area (Å²) in [5.41, 5.74) is 8.08. The van der Waals surface area contributed by atoms with Crippen LogP contribution >= 0.6 is 0 Å². The summed E-state index contributed by atoms with van der Waals surface area (Å²) in [6.45, 7) is 4.70. The molecule has 1 aliphatic rings. The van der Waals surface area contributed by atoms with E-state index >= 15 is 0 Å². The Bertz CT molecular complexity index is 866. The molecular formula is C24H31N3O3. The Hall–Kier alpha value is -2.86. The van der Waals surface area contributed by atoms with E-state index in [0.29, 0.717) is 24.1 Å². The Morgan fingerprint density at radius 2 is 1.93 bits per heavy atom. The monoisotopic (exact) mass is 409 g/mol. The molecule has 1 saturated carbocycles. The van der Waals surface area contributed by atoms with Crippen LogP contribution in [0.15, 0.2) is 48.5 Å². The number of amides is 2. The number of carbonyl (C=O) groups is 2. The van der Waals surface area contributed by atoms with Gasteiger partial charge in [-0.3, -0.25) is 9.59 Å². The van der Waals surface area contributed by atoms with Gasteiger partial charge in [-0.2, -0.15) is 0 Å². The van der Waals surface area contributed by atoms with Gasteiger partial charge in [-0.1, -0.05) is 24.3 Å². The number of hydrogen-bond acceptors (Lipinski definition) is 4. The van der Waals surface area contributed by atoms with Crippen molar-refractivity contribution >= 4 is 11.8 Å². The molecule has 2 aromatic rings. The summed E-state index contributed by atoms with van der Waals surface area (Å²) in [5.74, 6) is 0.554. The zero-order valence-corrected chi connectivity index (χ0v) is 17.7. The second-order valence-electron chi connectivity index (χ2n) is 7.87. The molecule has 3 rings (SSSR count). The van der Waals surface area contributed by atoms with E-state index in [1.807, 2.05) is 43.3 Å². The normalized spacial score (nSPS) is 19.3. The molecule has 0 heterocycles. The molecule has 0 spiro atoms. The summed E-state index contributed by atoms with van der Waals surface area (Å²) in [6, 6.07) is 16.6. The van der Waals surface area contributed by atoms with Gasteiger partial charge in [-0.15, -0.1) is 0 Å². The van der Waals surface area contributed by atoms with E-state index in [0.717, 1.165) is 25.0 Å². The average Bonchev–Trinajstić information content (AvgIpc) is 3.21. The highest BCUT2D eigenvalue weighted by molar-refractivity contribution is 5.96. The van der Waals surface area contributed by atoms with Crippen molar-refractivity contribution in [1.29, 1.82) is 0 Å². The van der Waals surface area contributed by atoms with Crippen LogP contribution in [-0.4, -0.2) is 31.0 Å². The summed E-state index contributed by atoms with van der Waals surface area (Å²) in [7, 11) is 0. The predicted octanol–water partition coefficient (Wildman–Crippen LogP) is 3.29. The van der Waals surface area contributed by atoms with E-state index in [4.69, 9.17) is 10.5 Å². The molecule has 0 bridgehead atoms. The van der Waals surface area contributed by atoms with Crippen LogP contribution in [0.1, 0.15) is 66.6 Å². The molecule has 4 N–H and O–H groups in total. The van der Waals surface area contributed by atoms with Crippen molar-refractivity contribution in [2.75, 3.05) is 13.2 Å². The molecular weight excluding hydrogens is 378 g/mol. The number of primary amides is 1. The van der Waals surface area contributed by atoms with Crippen molar-refractivity contribution in [3.8, 4) is 5.75 Å². The third kappa shape index (κ3) is 5.83. The van der Waals surface area contributed by atoms with Crippen LogP contribution < -0.4 is 21.1 Å². The fraction of sp³-hybridized carbons (Fsp3) is 0.417. The Morgan fingerprint density at radius 1 is 1.17 bits per heavy atom. The first kappa shape index (κ1) is 21.8. The smallest absolute Gasteiger partial charge is 0.251 e. The van der Waals surface area contributed by atoms with Crippen LogP contribution in [0.25, 0.3) is 0 Å². The molecule has 160 valence electrons. The fourth-order valence-corrected chi connectivity index (χ4v) is 4.10. The van der Waals surface area contributed by atoms with E-state index < -0.39 is 5.91 Å². The Morgan fingerprint density at radius 3 is 2.63 bits per heavy atom. The van der Waals surface area contributed by atoms with Gasteiger partial charge in [0.15, 0.2) is 0 Å². The second-order valence-corrected chi connectivity index (χ2v) is 7.87. The maximum absolute atomic E-state index is 12.0. The lowest BCUT2D eigenvalue weighted by molar-refractivity contribution is -0.117. The van der Waals surface area contributed by atoms with Gasteiger partial charge in [0, 0.05) is 17.6 Å². The molecule has 6 nitrogen and oxygen atoms in total. The maximum atomic E-state index is 12.0. The lowest BCUT2D eigenvalue weighted by atomic mass is 9.96. The number of hydrogen-bond donors (Lipinski definition) is 3. The number of rotatable bonds is 9. The van der Waals surface area contributed by atoms with Gasteiger partial charge in [0.25, 0.3) is 5.91 Å². The van der Waals surface area contributed by atoms with Crippen molar-refractivity contribution < 1.29 is 14.3 Å². The van der Waals surface area contributed by atoms with E-state index in [1.165, 1.54) is 11.1 Å². The van der Waals surface area contributed by atoms with Gasteiger partial charge in [0.2, 0.25) is 5.91 Å². The second kappa shape index (κ2) is 10.3. The van der Waals surface area contributed by atoms with Crippen LogP contribution in [0, 0.1) is 0 Å². The molecule has 0 aromatic heterocycles. The highest BCUT2D eigenvalue weighted by Gasteiger charge is 2.27. The molecule has 0 radical (unpaired) electrons. The van der Waals surface area contributed by atoms with Crippen molar-refractivity contribution in [2.45, 2.75) is 51.1 Å². The fourth-order valence-electron chi connectivity index (χ4n) is 4.10. The third-order valence-electron chi connectivity index (χ3n) is 5.65. The molecule has 2 aromatic carbocycles. The first-order chi connectivity index (χ1) is 14.5. The summed E-state index contributed by atoms with van der Waals surface area (Å²) < 4.78 is 5.62. The lowest BCUT2D eigenvalue weighted by Gasteiger charge is -2.21. The van der Waals surface area contributed by atoms with Crippen molar-refractivity contribution in [2.24, 2.45) is 5.73 Å². The Kier molecular flexibility index (Phi) is 7.46. The maximum Gasteiger partial charge on any atom is 0.251 e. The van der Waals surface area contributed by atoms with E-state index in [-0.39, 0.29) is 18.5 Å². The minimum atomic E-state index is -0.552. The van der Waals surface area contributed by atoms with Crippen molar-refractivity contribution in [1.82, 2.24) is 10.6 Å². The number of nitrogens with one attached hydrogen (secondary N) is 2. The highest BCUT2D eigenvalue weighted by Crippen LogP contribution is 2.35. The van der Waals surface area contributed by atoms with Gasteiger partial charge in [0.1, 0.15) is 5.75 Å². The van der Waals surface area contributed by atoms with Gasteiger partial charge in [-0.25, -0.2) is 0 Å². The summed E-state index contributed by atoms with van der Waals surface area (Å²) >= 11 is 0. The summed E-state index contributed by atoms with van der Waals surface area (Å²) in [4.78, 5) is 22.8. The van der Waals surface area contributed by atoms with Gasteiger partial charge < -0.3 is 21.1 Å². The molecule has 30 heavy (non-hydrogen) atoms. The van der Waals surface area contributed by atoms with Crippen LogP contribution in [0.2, 0.25) is 0 Å². The highest BCUT2D eigenvalue weighted by atomic mass is 16.5. The average molecular weight is 410 g/mol. The Labute approximate surface area is 178 Å². The molecule has 6 heteroatoms. The standard InChI is InChI=1S/C24H31N3O3/c1-3-30-22-6-4-5-19(14-22)16(2)27-21-12-11-20(13-21)17-7-9-18(10-8-17)24(29)26-15-23(25)28/h4-10,14,16,20-21,27H,3,11-13,15H2,1-2H3,(H2,25,28)(H,26,29)/t16-,20?,21+/m1/s1. The summed E-state index contributed by atoms with van der Waals surface area (Å²) in [6.07, 6.45) is 3.32. The van der Waals surface area contributed by atoms with Crippen LogP contribution in [0.4, 0.5) is 0 Å². The topological polar surface area (TPSA) is 93.4 Å². The summed E-state index contributed by atoms with van der Waals surface area (Å²) in [5, 5.41) is 6.27. The minimum absolute atomic E-state index is 0.151. The molecule has 1 unspecified atom stereocenters. The quantitative estimate of drug-likeness (QED) is 0.592. The number of ether oxygens (including phenoxy) is 1. The largest absolute Gasteiger partial charge is 0.494 e. The van der Waals surface area contributed by atoms with Gasteiger partial charge in [0.05, 0.1) is 13.2 Å². The Balaban J connectivity index is 1.54. The molecule has 1 fully saturated rings. The molecule has 1 aliphatic carbocycles. The molecule has 0 saturated heterocycles. The number of carbonyl (C=O) groups excluding carboxylic acids is 2. The van der Waals surface area contributed by atoms with E-state index in [2.05, 4.69) is 29.7 Å². The number of nitrogens with two attached hydrogens (primary N) is 1. The zero-order valence-electron chi connectivity index (χ0n) is 17.7.